The Morgan fingerprint density at radius 3 is 2.50 bits per heavy atom. The number of aromatic nitrogens is 4. The lowest BCUT2D eigenvalue weighted by Gasteiger charge is -2.03. The largest absolute Gasteiger partial charge is 0.203 e. The maximum absolute atomic E-state index is 5.69. The van der Waals surface area contributed by atoms with E-state index in [9.17, 15) is 0 Å². The molecule has 72 valence electrons. The second kappa shape index (κ2) is 3.94. The van der Waals surface area contributed by atoms with Crippen LogP contribution in [0.2, 0.25) is 0 Å². The molecule has 0 saturated carbocycles. The number of hydrogen-bond donors (Lipinski definition) is 0. The van der Waals surface area contributed by atoms with Crippen molar-refractivity contribution >= 4 is 23.2 Å². The summed E-state index contributed by atoms with van der Waals surface area (Å²) in [6.45, 7) is 0. The minimum absolute atomic E-state index is 0.556. The number of nitrogens with zero attached hydrogens (tertiary/aromatic N) is 4. The van der Waals surface area contributed by atoms with Crippen molar-refractivity contribution in [3.63, 3.8) is 0 Å². The monoisotopic (exact) mass is 228 g/mol. The molecule has 0 aliphatic heterocycles. The van der Waals surface area contributed by atoms with Gasteiger partial charge < -0.3 is 0 Å². The Morgan fingerprint density at radius 2 is 1.86 bits per heavy atom. The lowest BCUT2D eigenvalue weighted by Crippen LogP contribution is -2.01. The predicted octanol–water partition coefficient (Wildman–Crippen LogP) is 2.27. The molecule has 0 spiro atoms. The molecule has 1 heterocycles. The molecule has 2 aromatic rings. The lowest BCUT2D eigenvalue weighted by atomic mass is 10.2. The number of rotatable bonds is 2. The van der Waals surface area contributed by atoms with E-state index in [4.69, 9.17) is 23.2 Å². The maximum Gasteiger partial charge on any atom is 0.203 e. The fourth-order valence-electron chi connectivity index (χ4n) is 1.10. The highest BCUT2D eigenvalue weighted by Gasteiger charge is 2.12. The Bertz CT molecular complexity index is 412. The third kappa shape index (κ3) is 1.71. The van der Waals surface area contributed by atoms with E-state index in [1.54, 1.807) is 0 Å². The predicted molar refractivity (Wildman–Crippen MR) is 54.0 cm³/mol. The molecule has 0 aliphatic carbocycles. The summed E-state index contributed by atoms with van der Waals surface area (Å²) in [4.78, 5) is -0.778. The van der Waals surface area contributed by atoms with Crippen LogP contribution in [0.5, 0.6) is 0 Å². The zero-order chi connectivity index (χ0) is 9.97. The summed E-state index contributed by atoms with van der Waals surface area (Å²) in [6, 6.07) is 9.48. The fraction of sp³-hybridized carbons (Fsp3) is 0.125. The molecule has 2 rings (SSSR count). The topological polar surface area (TPSA) is 43.6 Å². The molecule has 6 heteroatoms. The van der Waals surface area contributed by atoms with Crippen LogP contribution in [0.25, 0.3) is 11.4 Å². The zero-order valence-electron chi connectivity index (χ0n) is 7.01. The van der Waals surface area contributed by atoms with Gasteiger partial charge in [-0.25, -0.2) is 0 Å². The molecule has 4 nitrogen and oxygen atoms in total. The van der Waals surface area contributed by atoms with Crippen LogP contribution in [0.1, 0.15) is 4.96 Å². The Balaban J connectivity index is 2.47. The van der Waals surface area contributed by atoms with Crippen molar-refractivity contribution in [2.45, 2.75) is 4.96 Å². The van der Waals surface area contributed by atoms with E-state index in [-0.39, 0.29) is 0 Å². The van der Waals surface area contributed by atoms with E-state index >= 15 is 0 Å². The van der Waals surface area contributed by atoms with Gasteiger partial charge in [0.25, 0.3) is 0 Å². The van der Waals surface area contributed by atoms with Gasteiger partial charge in [0.1, 0.15) is 0 Å². The van der Waals surface area contributed by atoms with Crippen molar-refractivity contribution in [3.05, 3.63) is 30.3 Å². The second-order valence-corrected chi connectivity index (χ2v) is 3.64. The third-order valence-corrected chi connectivity index (χ3v) is 2.08. The number of halogens is 2. The molecular weight excluding hydrogens is 223 g/mol. The van der Waals surface area contributed by atoms with Gasteiger partial charge in [-0.2, -0.15) is 4.68 Å². The van der Waals surface area contributed by atoms with Gasteiger partial charge in [0.15, 0.2) is 5.82 Å². The van der Waals surface area contributed by atoms with Gasteiger partial charge in [-0.3, -0.25) is 0 Å². The summed E-state index contributed by atoms with van der Waals surface area (Å²) in [5, 5.41) is 11.0. The quantitative estimate of drug-likeness (QED) is 0.742. The van der Waals surface area contributed by atoms with Crippen LogP contribution in [0.15, 0.2) is 30.3 Å². The average Bonchev–Trinajstić information content (AvgIpc) is 2.67. The second-order valence-electron chi connectivity index (χ2n) is 2.59. The van der Waals surface area contributed by atoms with Gasteiger partial charge >= 0.3 is 0 Å². The highest BCUT2D eigenvalue weighted by molar-refractivity contribution is 6.42. The van der Waals surface area contributed by atoms with E-state index < -0.39 is 4.96 Å². The molecule has 14 heavy (non-hydrogen) atoms. The standard InChI is InChI=1S/C8H6Cl2N4/c9-8(10)14-7(11-12-13-14)6-4-2-1-3-5-6/h1-5,8H. The van der Waals surface area contributed by atoms with Crippen LogP contribution in [0.3, 0.4) is 0 Å². The van der Waals surface area contributed by atoms with Crippen molar-refractivity contribution in [3.8, 4) is 11.4 Å². The number of alkyl halides is 2. The minimum Gasteiger partial charge on any atom is -0.192 e. The molecule has 0 fully saturated rings. The fourth-order valence-corrected chi connectivity index (χ4v) is 1.37. The number of hydrogen-bond acceptors (Lipinski definition) is 3. The molecule has 0 aliphatic rings. The SMILES string of the molecule is ClC(Cl)n1nnnc1-c1ccccc1. The summed E-state index contributed by atoms with van der Waals surface area (Å²) in [7, 11) is 0. The molecule has 0 N–H and O–H groups in total. The minimum atomic E-state index is -0.778. The van der Waals surface area contributed by atoms with Crippen LogP contribution >= 0.6 is 23.2 Å². The molecule has 0 unspecified atom stereocenters. The Morgan fingerprint density at radius 1 is 1.14 bits per heavy atom. The maximum atomic E-state index is 5.69. The van der Waals surface area contributed by atoms with E-state index in [2.05, 4.69) is 15.5 Å². The Labute approximate surface area is 90.4 Å². The van der Waals surface area contributed by atoms with Gasteiger partial charge in [0, 0.05) is 5.56 Å². The van der Waals surface area contributed by atoms with Crippen LogP contribution in [-0.4, -0.2) is 20.2 Å². The van der Waals surface area contributed by atoms with Gasteiger partial charge in [0.2, 0.25) is 4.96 Å². The summed E-state index contributed by atoms with van der Waals surface area (Å²) in [5.74, 6) is 0.556. The summed E-state index contributed by atoms with van der Waals surface area (Å²) >= 11 is 11.4. The molecular formula is C8H6Cl2N4. The molecule has 0 atom stereocenters. The first-order valence-corrected chi connectivity index (χ1v) is 4.78. The van der Waals surface area contributed by atoms with E-state index in [1.165, 1.54) is 4.68 Å². The van der Waals surface area contributed by atoms with E-state index in [1.807, 2.05) is 30.3 Å². The molecule has 0 saturated heterocycles. The van der Waals surface area contributed by atoms with E-state index in [0.717, 1.165) is 5.56 Å². The highest BCUT2D eigenvalue weighted by atomic mass is 35.5. The summed E-state index contributed by atoms with van der Waals surface area (Å²) < 4.78 is 1.35. The van der Waals surface area contributed by atoms with E-state index in [0.29, 0.717) is 5.82 Å². The van der Waals surface area contributed by atoms with Crippen LogP contribution in [0.4, 0.5) is 0 Å². The van der Waals surface area contributed by atoms with Crippen molar-refractivity contribution in [1.29, 1.82) is 0 Å². The molecule has 1 aromatic heterocycles. The summed E-state index contributed by atoms with van der Waals surface area (Å²) in [5.41, 5.74) is 0.879. The Hall–Kier alpha value is -1.13. The number of benzene rings is 1. The number of tetrazole rings is 1. The normalized spacial score (nSPS) is 10.8. The van der Waals surface area contributed by atoms with Gasteiger partial charge in [-0.1, -0.05) is 53.5 Å². The Kier molecular flexibility index (Phi) is 2.65. The molecule has 0 radical (unpaired) electrons. The van der Waals surface area contributed by atoms with Gasteiger partial charge in [-0.05, 0) is 10.4 Å². The highest BCUT2D eigenvalue weighted by Crippen LogP contribution is 2.22. The smallest absolute Gasteiger partial charge is 0.192 e. The average molecular weight is 229 g/mol. The molecule has 1 aromatic carbocycles. The van der Waals surface area contributed by atoms with Gasteiger partial charge in [-0.15, -0.1) is 5.10 Å². The van der Waals surface area contributed by atoms with Crippen molar-refractivity contribution < 1.29 is 0 Å². The third-order valence-electron chi connectivity index (χ3n) is 1.71. The van der Waals surface area contributed by atoms with Crippen LogP contribution < -0.4 is 0 Å². The first-order chi connectivity index (χ1) is 6.79. The molecule has 0 bridgehead atoms. The summed E-state index contributed by atoms with van der Waals surface area (Å²) in [6.07, 6.45) is 0. The first-order valence-electron chi connectivity index (χ1n) is 3.90. The zero-order valence-corrected chi connectivity index (χ0v) is 8.52. The van der Waals surface area contributed by atoms with Gasteiger partial charge in [0.05, 0.1) is 0 Å². The molecule has 0 amide bonds. The van der Waals surface area contributed by atoms with Crippen LogP contribution in [-0.2, 0) is 0 Å². The van der Waals surface area contributed by atoms with Crippen molar-refractivity contribution in [2.24, 2.45) is 0 Å². The first kappa shape index (κ1) is 9.43. The van der Waals surface area contributed by atoms with Crippen molar-refractivity contribution in [1.82, 2.24) is 20.2 Å². The lowest BCUT2D eigenvalue weighted by molar-refractivity contribution is 0.681. The van der Waals surface area contributed by atoms with Crippen LogP contribution in [0, 0.1) is 0 Å². The van der Waals surface area contributed by atoms with Crippen molar-refractivity contribution in [2.75, 3.05) is 0 Å².